The van der Waals surface area contributed by atoms with Crippen LogP contribution in [0.4, 0.5) is 11.4 Å². The van der Waals surface area contributed by atoms with Crippen LogP contribution in [-0.4, -0.2) is 99.6 Å². The molecule has 1 fully saturated rings. The van der Waals surface area contributed by atoms with Gasteiger partial charge in [0, 0.05) is 44.5 Å². The van der Waals surface area contributed by atoms with Gasteiger partial charge in [-0.15, -0.1) is 5.60 Å². The number of benzene rings is 3. The van der Waals surface area contributed by atoms with Crippen LogP contribution in [0.25, 0.3) is 0 Å². The van der Waals surface area contributed by atoms with Crippen molar-refractivity contribution in [2.24, 2.45) is 0 Å². The molecule has 1 saturated heterocycles. The number of carboxylic acid groups (broad SMARTS) is 1. The van der Waals surface area contributed by atoms with Crippen LogP contribution in [0.5, 0.6) is 0 Å². The van der Waals surface area contributed by atoms with E-state index in [1.807, 2.05) is 50.2 Å². The van der Waals surface area contributed by atoms with Gasteiger partial charge in [-0.25, -0.2) is 0 Å². The summed E-state index contributed by atoms with van der Waals surface area (Å²) in [6.07, 6.45) is 1.81. The van der Waals surface area contributed by atoms with Gasteiger partial charge < -0.3 is 40.1 Å². The number of anilines is 2. The summed E-state index contributed by atoms with van der Waals surface area (Å²) in [6.45, 7) is 18.2. The van der Waals surface area contributed by atoms with Crippen LogP contribution in [0.3, 0.4) is 0 Å². The number of carbonyl (C=O) groups excluding carboxylic acids is 2. The first-order valence-electron chi connectivity index (χ1n) is 18.2. The van der Waals surface area contributed by atoms with Gasteiger partial charge in [0.2, 0.25) is 5.91 Å². The zero-order valence-electron chi connectivity index (χ0n) is 35.9. The Morgan fingerprint density at radius 2 is 1.27 bits per heavy atom. The number of amides is 2. The van der Waals surface area contributed by atoms with Crippen molar-refractivity contribution in [1.29, 1.82) is 0 Å². The molecule has 1 aliphatic heterocycles. The van der Waals surface area contributed by atoms with Gasteiger partial charge in [-0.05, 0) is 119 Å². The zero-order valence-corrected chi connectivity index (χ0v) is 46.9. The third kappa shape index (κ3) is 34.1. The van der Waals surface area contributed by atoms with Crippen LogP contribution in [0, 0.1) is 20.8 Å². The molecular weight excluding hydrogens is 1120 g/mol. The van der Waals surface area contributed by atoms with Crippen molar-refractivity contribution >= 4 is 109 Å². The third-order valence-corrected chi connectivity index (χ3v) is 10.2. The van der Waals surface area contributed by atoms with E-state index in [2.05, 4.69) is 105 Å². The average molecular weight is 1180 g/mol. The van der Waals surface area contributed by atoms with Gasteiger partial charge >= 0.3 is 57.4 Å². The van der Waals surface area contributed by atoms with Crippen molar-refractivity contribution in [3.05, 3.63) is 90.3 Å². The number of morpholine rings is 1. The summed E-state index contributed by atoms with van der Waals surface area (Å²) in [5, 5.41) is 44.2. The quantitative estimate of drug-likeness (QED) is 0.156. The Morgan fingerprint density at radius 3 is 1.66 bits per heavy atom. The molecule has 11 nitrogen and oxygen atoms in total. The molecule has 4 N–H and O–H groups in total. The van der Waals surface area contributed by atoms with Gasteiger partial charge in [0.25, 0.3) is 5.91 Å². The first kappa shape index (κ1) is 63.2. The van der Waals surface area contributed by atoms with Crippen molar-refractivity contribution in [3.63, 3.8) is 0 Å². The minimum absolute atomic E-state index is 0. The van der Waals surface area contributed by atoms with Crippen molar-refractivity contribution in [1.82, 2.24) is 0 Å². The molecular formula is C42H60Br5KN2O9. The van der Waals surface area contributed by atoms with Gasteiger partial charge in [-0.3, -0.25) is 14.4 Å². The fraction of sp³-hybridized carbons (Fsp3) is 0.500. The summed E-state index contributed by atoms with van der Waals surface area (Å²) in [4.78, 5) is 35.9. The molecule has 0 atom stereocenters. The molecule has 0 aliphatic carbocycles. The maximum absolute atomic E-state index is 11.7. The number of aliphatic hydroxyl groups excluding tert-OH is 2. The van der Waals surface area contributed by atoms with Crippen molar-refractivity contribution < 1.29 is 96.0 Å². The summed E-state index contributed by atoms with van der Waals surface area (Å²) in [6, 6.07) is 17.9. The Labute approximate surface area is 436 Å². The number of hydrogen-bond donors (Lipinski definition) is 4. The van der Waals surface area contributed by atoms with E-state index in [4.69, 9.17) is 25.2 Å². The molecule has 1 aliphatic rings. The van der Waals surface area contributed by atoms with E-state index in [0.717, 1.165) is 48.8 Å². The fourth-order valence-electron chi connectivity index (χ4n) is 4.10. The minimum atomic E-state index is -0.829. The van der Waals surface area contributed by atoms with E-state index < -0.39 is 17.2 Å². The molecule has 0 spiro atoms. The monoisotopic (exact) mass is 1170 g/mol. The Kier molecular flexibility index (Phi) is 36.8. The number of rotatable bonds is 9. The van der Waals surface area contributed by atoms with Crippen molar-refractivity contribution in [2.75, 3.05) is 60.0 Å². The summed E-state index contributed by atoms with van der Waals surface area (Å²) in [5.74, 6) is -0.858. The fourth-order valence-corrected chi connectivity index (χ4v) is 5.14. The number of halogens is 5. The average Bonchev–Trinajstić information content (AvgIpc) is 3.13. The maximum Gasteiger partial charge on any atom is 1.00 e. The Balaban J connectivity index is -0.000000679. The first-order valence-corrected chi connectivity index (χ1v) is 22.9. The standard InChI is InChI=1S/C11H13Br2NO2.C11H12BrNO2.C10H13BrO.C4H10O.C4H9O.C2H3BrO2.K/c1-8-6-9(2-3-10(8)13)14(4-5-15)11(16)7-12;1-8-6-9(2-3-10(8)12)13-4-5-15-7-11(13)14;1-8-7-9(3-2-6-12)4-5-10(8)11;2*1-4(2,3)5;3-1-2(4)5;/h2-3,6,15H,4-5,7H2,1H3;2-3,6H,4-5,7H2,1H3;4-5,7,12H,2-3,6H2,1H3;5H,1-3H3;1-3H3;1H2,(H,4,5);/q;;;;-1;;+1. The van der Waals surface area contributed by atoms with Gasteiger partial charge in [-0.1, -0.05) is 113 Å². The second-order valence-electron chi connectivity index (χ2n) is 14.6. The first-order chi connectivity index (χ1) is 26.8. The van der Waals surface area contributed by atoms with Crippen molar-refractivity contribution in [3.8, 4) is 0 Å². The Bertz CT molecular complexity index is 1650. The zero-order chi connectivity index (χ0) is 45.2. The molecule has 0 aromatic heterocycles. The second-order valence-corrected chi connectivity index (χ2v) is 18.3. The summed E-state index contributed by atoms with van der Waals surface area (Å²) >= 11 is 16.1. The normalized spacial score (nSPS) is 11.8. The number of ether oxygens (including phenoxy) is 1. The molecule has 2 amide bonds. The third-order valence-electron chi connectivity index (χ3n) is 6.59. The van der Waals surface area contributed by atoms with Crippen LogP contribution in [-0.2, 0) is 25.5 Å². The predicted octanol–water partition coefficient (Wildman–Crippen LogP) is 5.67. The molecule has 59 heavy (non-hydrogen) atoms. The number of aryl methyl sites for hydroxylation is 4. The number of hydrogen-bond acceptors (Lipinski definition) is 8. The van der Waals surface area contributed by atoms with Gasteiger partial charge in [0.1, 0.15) is 11.9 Å². The van der Waals surface area contributed by atoms with Crippen LogP contribution >= 0.6 is 79.6 Å². The van der Waals surface area contributed by atoms with E-state index >= 15 is 0 Å². The molecule has 0 unspecified atom stereocenters. The van der Waals surface area contributed by atoms with E-state index in [1.165, 1.54) is 11.1 Å². The van der Waals surface area contributed by atoms with Crippen LogP contribution in [0.15, 0.2) is 68.0 Å². The molecule has 4 rings (SSSR count). The van der Waals surface area contributed by atoms with E-state index in [-0.39, 0.29) is 93.7 Å². The molecule has 17 heteroatoms. The number of nitrogens with zero attached hydrogens (tertiary/aromatic N) is 2. The number of aliphatic carboxylic acids is 1. The number of carbonyl (C=O) groups is 3. The van der Waals surface area contributed by atoms with Crippen LogP contribution in [0.1, 0.15) is 70.2 Å². The molecule has 3 aromatic carbocycles. The maximum atomic E-state index is 11.7. The second kappa shape index (κ2) is 34.3. The van der Waals surface area contributed by atoms with E-state index in [0.29, 0.717) is 19.7 Å². The summed E-state index contributed by atoms with van der Waals surface area (Å²) in [7, 11) is 0. The molecule has 1 heterocycles. The van der Waals surface area contributed by atoms with Gasteiger partial charge in [-0.2, -0.15) is 0 Å². The van der Waals surface area contributed by atoms with E-state index in [9.17, 15) is 19.5 Å². The number of alkyl halides is 2. The summed E-state index contributed by atoms with van der Waals surface area (Å²) < 4.78 is 8.30. The van der Waals surface area contributed by atoms with Crippen molar-refractivity contribution in [2.45, 2.75) is 86.4 Å². The minimum Gasteiger partial charge on any atom is -0.850 e. The number of carboxylic acids is 1. The van der Waals surface area contributed by atoms with Gasteiger partial charge in [0.05, 0.1) is 24.1 Å². The Hall–Kier alpha value is -0.0936. The predicted molar refractivity (Wildman–Crippen MR) is 252 cm³/mol. The molecule has 0 saturated carbocycles. The molecule has 0 bridgehead atoms. The summed E-state index contributed by atoms with van der Waals surface area (Å²) in [5.41, 5.74) is 5.24. The topological polar surface area (TPSA) is 171 Å². The van der Waals surface area contributed by atoms with Crippen LogP contribution in [0.2, 0.25) is 0 Å². The smallest absolute Gasteiger partial charge is 0.850 e. The SMILES string of the molecule is CC(C)(C)O.CC(C)(C)[O-].Cc1cc(CCCO)ccc1Br.Cc1cc(N(CCO)C(=O)CBr)ccc1Br.Cc1cc(N2CCOCC2=O)ccc1Br.O=C(O)CBr.[K+]. The van der Waals surface area contributed by atoms with Crippen LogP contribution < -0.4 is 66.3 Å². The molecule has 3 aromatic rings. The molecule has 328 valence electrons. The number of aliphatic hydroxyl groups is 3. The molecule has 0 radical (unpaired) electrons. The van der Waals surface area contributed by atoms with Gasteiger partial charge in [0.15, 0.2) is 0 Å². The Morgan fingerprint density at radius 1 is 0.814 bits per heavy atom. The van der Waals surface area contributed by atoms with E-state index in [1.54, 1.807) is 51.3 Å². The largest absolute Gasteiger partial charge is 1.00 e.